The number of carbonyl (C=O) groups is 1. The van der Waals surface area contributed by atoms with Crippen LogP contribution in [-0.4, -0.2) is 17.4 Å². The van der Waals surface area contributed by atoms with Crippen molar-refractivity contribution in [3.05, 3.63) is 89.1 Å². The van der Waals surface area contributed by atoms with Crippen molar-refractivity contribution >= 4 is 17.3 Å². The summed E-state index contributed by atoms with van der Waals surface area (Å²) in [6.07, 6.45) is 0.735. The van der Waals surface area contributed by atoms with Gasteiger partial charge in [-0.05, 0) is 42.2 Å². The predicted molar refractivity (Wildman–Crippen MR) is 110 cm³/mol. The molecule has 148 valence electrons. The number of nitrogen functional groups attached to an aromatic ring is 1. The summed E-state index contributed by atoms with van der Waals surface area (Å²) in [5.74, 6) is -0.442. The van der Waals surface area contributed by atoms with Crippen LogP contribution in [0.3, 0.4) is 0 Å². The van der Waals surface area contributed by atoms with E-state index in [1.54, 1.807) is 13.0 Å². The Morgan fingerprint density at radius 3 is 2.66 bits per heavy atom. The minimum atomic E-state index is -0.617. The normalized spacial score (nSPS) is 13.3. The van der Waals surface area contributed by atoms with E-state index in [0.29, 0.717) is 24.5 Å². The Hall–Kier alpha value is -3.68. The van der Waals surface area contributed by atoms with E-state index in [1.165, 1.54) is 6.07 Å². The number of amides is 1. The van der Waals surface area contributed by atoms with Gasteiger partial charge in [0.15, 0.2) is 0 Å². The van der Waals surface area contributed by atoms with Gasteiger partial charge in [0.2, 0.25) is 0 Å². The number of H-pyrrole nitrogens is 1. The van der Waals surface area contributed by atoms with Gasteiger partial charge in [-0.25, -0.2) is 0 Å². The zero-order valence-electron chi connectivity index (χ0n) is 15.9. The highest BCUT2D eigenvalue weighted by molar-refractivity contribution is 5.93. The lowest BCUT2D eigenvalue weighted by Crippen LogP contribution is -2.44. The molecule has 0 atom stereocenters. The van der Waals surface area contributed by atoms with Crippen molar-refractivity contribution in [1.29, 1.82) is 0 Å². The zero-order chi connectivity index (χ0) is 20.7. The fourth-order valence-electron chi connectivity index (χ4n) is 3.65. The summed E-state index contributed by atoms with van der Waals surface area (Å²) in [4.78, 5) is 51.8. The lowest BCUT2D eigenvalue weighted by atomic mass is 9.96. The molecular formula is C21H20N4O4. The molecule has 4 N–H and O–H groups in total. The molecule has 0 saturated carbocycles. The number of benzene rings is 1. The van der Waals surface area contributed by atoms with E-state index in [9.17, 15) is 19.2 Å². The largest absolute Gasteiger partial charge is 0.394 e. The summed E-state index contributed by atoms with van der Waals surface area (Å²) in [6.45, 7) is 3.11. The van der Waals surface area contributed by atoms with Gasteiger partial charge in [-0.15, -0.1) is 0 Å². The number of aromatic nitrogens is 1. The lowest BCUT2D eigenvalue weighted by molar-refractivity contribution is 0.0949. The quantitative estimate of drug-likeness (QED) is 0.551. The number of hydrogen-bond donors (Lipinski definition) is 3. The topological polar surface area (TPSA) is 125 Å². The molecular weight excluding hydrogens is 372 g/mol. The minimum Gasteiger partial charge on any atom is -0.394 e. The predicted octanol–water partition coefficient (Wildman–Crippen LogP) is 0.354. The number of nitrogens with zero attached hydrogens (tertiary/aromatic N) is 1. The first-order valence-electron chi connectivity index (χ1n) is 9.27. The van der Waals surface area contributed by atoms with E-state index < -0.39 is 22.3 Å². The highest BCUT2D eigenvalue weighted by Crippen LogP contribution is 2.26. The van der Waals surface area contributed by atoms with E-state index in [1.807, 2.05) is 23.1 Å². The van der Waals surface area contributed by atoms with Gasteiger partial charge in [0.1, 0.15) is 16.9 Å². The standard InChI is InChI=1S/C21H20N4O4/c1-11-2-5-15(21(29)24-11)20(28)23-9-12-3-4-13-6-7-25(10-14(13)8-12)17-16(22)18(26)19(17)27/h2-5,8H,6-7,9-10,22H2,1H3,(H,23,28)(H,24,29). The summed E-state index contributed by atoms with van der Waals surface area (Å²) in [6, 6.07) is 9.07. The van der Waals surface area contributed by atoms with Crippen molar-refractivity contribution in [2.75, 3.05) is 17.2 Å². The van der Waals surface area contributed by atoms with Crippen LogP contribution >= 0.6 is 0 Å². The molecule has 8 heteroatoms. The Kier molecular flexibility index (Phi) is 4.54. The number of aromatic amines is 1. The second kappa shape index (κ2) is 7.05. The number of rotatable bonds is 4. The SMILES string of the molecule is Cc1ccc(C(=O)NCc2ccc3c(c2)CN(c2c(N)c(=O)c2=O)CC3)c(=O)[nH]1. The van der Waals surface area contributed by atoms with Crippen LogP contribution < -0.4 is 32.4 Å². The molecule has 0 bridgehead atoms. The maximum atomic E-state index is 12.3. The van der Waals surface area contributed by atoms with Crippen molar-refractivity contribution < 1.29 is 4.79 Å². The van der Waals surface area contributed by atoms with Crippen molar-refractivity contribution in [2.45, 2.75) is 26.4 Å². The molecule has 0 fully saturated rings. The zero-order valence-corrected chi connectivity index (χ0v) is 15.9. The molecule has 0 radical (unpaired) electrons. The number of hydrogen-bond acceptors (Lipinski definition) is 6. The monoisotopic (exact) mass is 392 g/mol. The highest BCUT2D eigenvalue weighted by Gasteiger charge is 2.26. The number of carbonyl (C=O) groups excluding carboxylic acids is 1. The van der Waals surface area contributed by atoms with Gasteiger partial charge in [0.05, 0.1) is 0 Å². The Morgan fingerprint density at radius 1 is 1.14 bits per heavy atom. The Labute approximate surface area is 165 Å². The first-order chi connectivity index (χ1) is 13.8. The first-order valence-corrected chi connectivity index (χ1v) is 9.27. The van der Waals surface area contributed by atoms with Gasteiger partial charge in [0, 0.05) is 25.3 Å². The molecule has 1 aliphatic rings. The Bertz CT molecular complexity index is 1250. The average molecular weight is 392 g/mol. The minimum absolute atomic E-state index is 0.0326. The van der Waals surface area contributed by atoms with Crippen molar-refractivity contribution in [1.82, 2.24) is 10.3 Å². The average Bonchev–Trinajstić information content (AvgIpc) is 2.71. The Balaban J connectivity index is 1.48. The van der Waals surface area contributed by atoms with Crippen LogP contribution in [0.5, 0.6) is 0 Å². The summed E-state index contributed by atoms with van der Waals surface area (Å²) in [5, 5.41) is 2.76. The molecule has 1 aromatic heterocycles. The second-order valence-electron chi connectivity index (χ2n) is 7.26. The summed E-state index contributed by atoms with van der Waals surface area (Å²) in [7, 11) is 0. The number of nitrogens with one attached hydrogen (secondary N) is 2. The summed E-state index contributed by atoms with van der Waals surface area (Å²) >= 11 is 0. The molecule has 3 aromatic rings. The number of fused-ring (bicyclic) bond motifs is 1. The molecule has 8 nitrogen and oxygen atoms in total. The smallest absolute Gasteiger partial charge is 0.260 e. The summed E-state index contributed by atoms with van der Waals surface area (Å²) in [5.41, 5.74) is 8.26. The van der Waals surface area contributed by atoms with Gasteiger partial charge in [-0.2, -0.15) is 0 Å². The fraction of sp³-hybridized carbons (Fsp3) is 0.238. The van der Waals surface area contributed by atoms with E-state index in [4.69, 9.17) is 5.73 Å². The van der Waals surface area contributed by atoms with Crippen LogP contribution in [-0.2, 0) is 19.5 Å². The third-order valence-corrected chi connectivity index (χ3v) is 5.27. The van der Waals surface area contributed by atoms with Crippen LogP contribution in [0, 0.1) is 6.92 Å². The van der Waals surface area contributed by atoms with Crippen LogP contribution in [0.1, 0.15) is 32.7 Å². The molecule has 29 heavy (non-hydrogen) atoms. The van der Waals surface area contributed by atoms with E-state index in [2.05, 4.69) is 10.3 Å². The fourth-order valence-corrected chi connectivity index (χ4v) is 3.65. The number of aryl methyl sites for hydroxylation is 1. The number of anilines is 2. The second-order valence-corrected chi connectivity index (χ2v) is 7.26. The maximum Gasteiger partial charge on any atom is 0.260 e. The molecule has 0 aliphatic carbocycles. The Morgan fingerprint density at radius 2 is 1.93 bits per heavy atom. The van der Waals surface area contributed by atoms with Crippen molar-refractivity contribution in [3.63, 3.8) is 0 Å². The third-order valence-electron chi connectivity index (χ3n) is 5.27. The first kappa shape index (κ1) is 18.7. The van der Waals surface area contributed by atoms with Gasteiger partial charge in [-0.1, -0.05) is 18.2 Å². The molecule has 1 amide bonds. The van der Waals surface area contributed by atoms with Gasteiger partial charge in [0.25, 0.3) is 22.3 Å². The van der Waals surface area contributed by atoms with Crippen LogP contribution in [0.4, 0.5) is 11.4 Å². The van der Waals surface area contributed by atoms with Crippen LogP contribution in [0.2, 0.25) is 0 Å². The molecule has 0 spiro atoms. The van der Waals surface area contributed by atoms with Crippen LogP contribution in [0.25, 0.3) is 0 Å². The molecule has 2 aromatic carbocycles. The van der Waals surface area contributed by atoms with Gasteiger partial charge in [-0.3, -0.25) is 19.2 Å². The third kappa shape index (κ3) is 3.33. The molecule has 1 aliphatic heterocycles. The molecule has 4 rings (SSSR count). The van der Waals surface area contributed by atoms with Crippen molar-refractivity contribution in [2.24, 2.45) is 0 Å². The maximum absolute atomic E-state index is 12.3. The lowest BCUT2D eigenvalue weighted by Gasteiger charge is -2.32. The molecule has 0 unspecified atom stereocenters. The molecule has 0 saturated heterocycles. The highest BCUT2D eigenvalue weighted by atomic mass is 16.2. The van der Waals surface area contributed by atoms with E-state index in [-0.39, 0.29) is 17.8 Å². The van der Waals surface area contributed by atoms with Crippen LogP contribution in [0.15, 0.2) is 44.7 Å². The van der Waals surface area contributed by atoms with Gasteiger partial charge < -0.3 is 20.9 Å². The summed E-state index contributed by atoms with van der Waals surface area (Å²) < 4.78 is 0. The van der Waals surface area contributed by atoms with E-state index in [0.717, 1.165) is 23.1 Å². The van der Waals surface area contributed by atoms with E-state index >= 15 is 0 Å². The number of pyridine rings is 1. The van der Waals surface area contributed by atoms with Crippen molar-refractivity contribution in [3.8, 4) is 0 Å². The number of nitrogens with two attached hydrogens (primary N) is 1. The molecule has 2 heterocycles. The van der Waals surface area contributed by atoms with Gasteiger partial charge >= 0.3 is 0 Å².